The van der Waals surface area contributed by atoms with E-state index in [2.05, 4.69) is 0 Å². The monoisotopic (exact) mass is 306 g/mol. The molecule has 0 saturated carbocycles. The fourth-order valence-corrected chi connectivity index (χ4v) is 3.54. The average molecular weight is 306 g/mol. The van der Waals surface area contributed by atoms with Gasteiger partial charge in [0.25, 0.3) is 0 Å². The highest BCUT2D eigenvalue weighted by Gasteiger charge is 2.63. The summed E-state index contributed by atoms with van der Waals surface area (Å²) in [5, 5.41) is 11.5. The van der Waals surface area contributed by atoms with Crippen molar-refractivity contribution in [1.29, 1.82) is 0 Å². The van der Waals surface area contributed by atoms with Crippen molar-refractivity contribution in [3.05, 3.63) is 23.3 Å². The molecular formula is C16H22N2O4. The first-order valence-electron chi connectivity index (χ1n) is 7.32. The number of ether oxygens (including phenoxy) is 2. The quantitative estimate of drug-likeness (QED) is 0.900. The molecule has 1 unspecified atom stereocenters. The third-order valence-corrected chi connectivity index (χ3v) is 5.19. The largest absolute Gasteiger partial charge is 0.493 e. The van der Waals surface area contributed by atoms with Gasteiger partial charge in [-0.1, -0.05) is 0 Å². The molecule has 1 aromatic rings. The Morgan fingerprint density at radius 1 is 1.18 bits per heavy atom. The van der Waals surface area contributed by atoms with Crippen molar-refractivity contribution < 1.29 is 19.4 Å². The van der Waals surface area contributed by atoms with Gasteiger partial charge in [0, 0.05) is 19.2 Å². The van der Waals surface area contributed by atoms with E-state index in [0.29, 0.717) is 30.0 Å². The highest BCUT2D eigenvalue weighted by molar-refractivity contribution is 5.80. The predicted octanol–water partition coefficient (Wildman–Crippen LogP) is 1.55. The molecule has 2 heterocycles. The number of carbonyl (C=O) groups excluding carboxylic acids is 1. The van der Waals surface area contributed by atoms with Crippen LogP contribution in [0.4, 0.5) is 4.79 Å². The fraction of sp³-hybridized carbons (Fsp3) is 0.562. The van der Waals surface area contributed by atoms with Crippen LogP contribution in [0, 0.1) is 0 Å². The predicted molar refractivity (Wildman–Crippen MR) is 81.1 cm³/mol. The second-order valence-corrected chi connectivity index (χ2v) is 6.34. The highest BCUT2D eigenvalue weighted by Crippen LogP contribution is 2.51. The molecule has 0 aromatic heterocycles. The summed E-state index contributed by atoms with van der Waals surface area (Å²) in [5.74, 6) is 1.18. The zero-order valence-corrected chi connectivity index (χ0v) is 13.6. The third-order valence-electron chi connectivity index (χ3n) is 5.19. The second-order valence-electron chi connectivity index (χ2n) is 6.34. The highest BCUT2D eigenvalue weighted by atomic mass is 16.5. The molecule has 2 aliphatic heterocycles. The molecule has 0 spiro atoms. The van der Waals surface area contributed by atoms with Crippen molar-refractivity contribution in [1.82, 2.24) is 9.80 Å². The van der Waals surface area contributed by atoms with E-state index in [-0.39, 0.29) is 6.03 Å². The first-order valence-corrected chi connectivity index (χ1v) is 7.32. The minimum Gasteiger partial charge on any atom is -0.493 e. The molecular weight excluding hydrogens is 284 g/mol. The number of benzene rings is 1. The van der Waals surface area contributed by atoms with Crippen LogP contribution >= 0.6 is 0 Å². The number of fused-ring (bicyclic) bond motifs is 3. The van der Waals surface area contributed by atoms with Gasteiger partial charge in [-0.25, -0.2) is 4.79 Å². The lowest BCUT2D eigenvalue weighted by molar-refractivity contribution is -0.130. The van der Waals surface area contributed by atoms with E-state index in [4.69, 9.17) is 9.47 Å². The Hall–Kier alpha value is -1.95. The van der Waals surface area contributed by atoms with Crippen LogP contribution in [0.15, 0.2) is 12.1 Å². The molecule has 2 amide bonds. The average Bonchev–Trinajstić information content (AvgIpc) is 2.64. The minimum atomic E-state index is -1.38. The molecule has 0 radical (unpaired) electrons. The first-order chi connectivity index (χ1) is 10.3. The van der Waals surface area contributed by atoms with E-state index >= 15 is 0 Å². The number of methoxy groups -OCH3 is 2. The summed E-state index contributed by atoms with van der Waals surface area (Å²) in [5.41, 5.74) is -0.447. The number of hydrogen-bond acceptors (Lipinski definition) is 4. The molecule has 2 aliphatic rings. The van der Waals surface area contributed by atoms with Gasteiger partial charge < -0.3 is 19.5 Å². The van der Waals surface area contributed by atoms with Crippen LogP contribution in [0.1, 0.15) is 25.0 Å². The summed E-state index contributed by atoms with van der Waals surface area (Å²) in [4.78, 5) is 15.6. The topological polar surface area (TPSA) is 62.2 Å². The maximum absolute atomic E-state index is 12.5. The van der Waals surface area contributed by atoms with Gasteiger partial charge in [0.05, 0.1) is 19.8 Å². The van der Waals surface area contributed by atoms with Crippen LogP contribution in [0.3, 0.4) is 0 Å². The lowest BCUT2D eigenvalue weighted by Crippen LogP contribution is -2.57. The van der Waals surface area contributed by atoms with Crippen LogP contribution in [-0.4, -0.2) is 54.3 Å². The molecule has 6 heteroatoms. The maximum atomic E-state index is 12.5. The van der Waals surface area contributed by atoms with Crippen molar-refractivity contribution >= 4 is 6.03 Å². The molecule has 1 N–H and O–H groups in total. The van der Waals surface area contributed by atoms with Gasteiger partial charge in [0.2, 0.25) is 0 Å². The van der Waals surface area contributed by atoms with E-state index in [9.17, 15) is 9.90 Å². The van der Waals surface area contributed by atoms with Gasteiger partial charge in [0.15, 0.2) is 17.2 Å². The number of likely N-dealkylation sites (N-methyl/N-ethyl adjacent to an activating group) is 1. The van der Waals surface area contributed by atoms with Crippen molar-refractivity contribution in [3.63, 3.8) is 0 Å². The second kappa shape index (κ2) is 4.52. The number of nitrogens with zero attached hydrogens (tertiary/aromatic N) is 2. The summed E-state index contributed by atoms with van der Waals surface area (Å²) >= 11 is 0. The molecule has 1 atom stereocenters. The molecule has 0 aliphatic carbocycles. The van der Waals surface area contributed by atoms with Gasteiger partial charge in [-0.15, -0.1) is 0 Å². The molecule has 0 bridgehead atoms. The molecule has 6 nitrogen and oxygen atoms in total. The molecule has 1 aromatic carbocycles. The Morgan fingerprint density at radius 2 is 1.77 bits per heavy atom. The molecule has 1 saturated heterocycles. The minimum absolute atomic E-state index is 0.159. The van der Waals surface area contributed by atoms with Crippen LogP contribution in [0.5, 0.6) is 11.5 Å². The Bertz CT molecular complexity index is 643. The van der Waals surface area contributed by atoms with E-state index in [1.165, 1.54) is 0 Å². The van der Waals surface area contributed by atoms with E-state index in [0.717, 1.165) is 5.56 Å². The molecule has 3 rings (SSSR count). The molecule has 1 fully saturated rings. The van der Waals surface area contributed by atoms with Gasteiger partial charge in [-0.3, -0.25) is 4.90 Å². The normalized spacial score (nSPS) is 25.8. The van der Waals surface area contributed by atoms with Crippen LogP contribution < -0.4 is 9.47 Å². The summed E-state index contributed by atoms with van der Waals surface area (Å²) in [6.45, 7) is 4.22. The van der Waals surface area contributed by atoms with Gasteiger partial charge >= 0.3 is 6.03 Å². The number of urea groups is 1. The smallest absolute Gasteiger partial charge is 0.322 e. The summed E-state index contributed by atoms with van der Waals surface area (Å²) in [6, 6.07) is 3.52. The van der Waals surface area contributed by atoms with Crippen molar-refractivity contribution in [2.75, 3.05) is 27.8 Å². The summed E-state index contributed by atoms with van der Waals surface area (Å²) in [6.07, 6.45) is 0.674. The van der Waals surface area contributed by atoms with Crippen molar-refractivity contribution in [2.45, 2.75) is 31.5 Å². The van der Waals surface area contributed by atoms with E-state index in [1.807, 2.05) is 19.9 Å². The zero-order chi connectivity index (χ0) is 16.3. The zero-order valence-electron chi connectivity index (χ0n) is 13.6. The van der Waals surface area contributed by atoms with Gasteiger partial charge in [-0.2, -0.15) is 0 Å². The Kier molecular flexibility index (Phi) is 3.08. The lowest BCUT2D eigenvalue weighted by atomic mass is 9.79. The summed E-state index contributed by atoms with van der Waals surface area (Å²) in [7, 11) is 4.87. The Labute approximate surface area is 130 Å². The maximum Gasteiger partial charge on any atom is 0.322 e. The van der Waals surface area contributed by atoms with Gasteiger partial charge in [-0.05, 0) is 38.0 Å². The number of carbonyl (C=O) groups is 1. The number of aliphatic hydroxyl groups is 1. The summed E-state index contributed by atoms with van der Waals surface area (Å²) < 4.78 is 10.7. The third kappa shape index (κ3) is 1.56. The van der Waals surface area contributed by atoms with Crippen LogP contribution in [0.2, 0.25) is 0 Å². The number of amides is 2. The van der Waals surface area contributed by atoms with E-state index in [1.54, 1.807) is 37.1 Å². The molecule has 120 valence electrons. The number of rotatable bonds is 2. The fourth-order valence-electron chi connectivity index (χ4n) is 3.54. The first kappa shape index (κ1) is 15.0. The van der Waals surface area contributed by atoms with Gasteiger partial charge in [0.1, 0.15) is 0 Å². The van der Waals surface area contributed by atoms with Crippen molar-refractivity contribution in [2.24, 2.45) is 0 Å². The van der Waals surface area contributed by atoms with E-state index < -0.39 is 11.3 Å². The van der Waals surface area contributed by atoms with Crippen LogP contribution in [-0.2, 0) is 12.1 Å². The molecule has 22 heavy (non-hydrogen) atoms. The standard InChI is InChI=1S/C16H22N2O4/c1-15(2)16(20)11-9-13(22-5)12(21-4)8-10(11)6-7-18(16)14(19)17(15)3/h8-9,20H,6-7H2,1-5H3. The lowest BCUT2D eigenvalue weighted by Gasteiger charge is -2.45. The van der Waals surface area contributed by atoms with Crippen LogP contribution in [0.25, 0.3) is 0 Å². The Balaban J connectivity index is 2.25. The number of hydrogen-bond donors (Lipinski definition) is 1. The van der Waals surface area contributed by atoms with Crippen molar-refractivity contribution in [3.8, 4) is 11.5 Å². The SMILES string of the molecule is COc1cc2c(cc1OC)C1(O)N(CC2)C(=O)N(C)C1(C)C. The Morgan fingerprint density at radius 3 is 2.36 bits per heavy atom.